The number of benzene rings is 1. The Labute approximate surface area is 108 Å². The third-order valence-corrected chi connectivity index (χ3v) is 3.62. The van der Waals surface area contributed by atoms with E-state index in [0.29, 0.717) is 13.2 Å². The highest BCUT2D eigenvalue weighted by molar-refractivity contribution is 5.82. The largest absolute Gasteiger partial charge is 0.485 e. The lowest BCUT2D eigenvalue weighted by molar-refractivity contribution is -0.124. The smallest absolute Gasteiger partial charge is 0.175 e. The molecule has 0 aromatic heterocycles. The predicted octanol–water partition coefficient (Wildman–Crippen LogP) is 2.60. The van der Waals surface area contributed by atoms with E-state index in [1.54, 1.807) is 0 Å². The van der Waals surface area contributed by atoms with Crippen LogP contribution in [0.1, 0.15) is 23.1 Å². The van der Waals surface area contributed by atoms with Crippen LogP contribution in [-0.4, -0.2) is 25.6 Å². The van der Waals surface area contributed by atoms with Crippen molar-refractivity contribution < 1.29 is 14.3 Å². The SMILES string of the molecule is Cc1ccc(C)c(OCC(=O)C2CCOC2)c1C. The summed E-state index contributed by atoms with van der Waals surface area (Å²) in [6, 6.07) is 4.10. The molecule has 18 heavy (non-hydrogen) atoms. The Balaban J connectivity index is 2.01. The van der Waals surface area contributed by atoms with Crippen LogP contribution >= 0.6 is 0 Å². The van der Waals surface area contributed by atoms with Crippen LogP contribution in [0.25, 0.3) is 0 Å². The third-order valence-electron chi connectivity index (χ3n) is 3.62. The Morgan fingerprint density at radius 1 is 1.33 bits per heavy atom. The van der Waals surface area contributed by atoms with Gasteiger partial charge in [-0.05, 0) is 43.9 Å². The van der Waals surface area contributed by atoms with Gasteiger partial charge in [-0.25, -0.2) is 0 Å². The van der Waals surface area contributed by atoms with Crippen LogP contribution in [0.15, 0.2) is 12.1 Å². The summed E-state index contributed by atoms with van der Waals surface area (Å²) < 4.78 is 10.9. The van der Waals surface area contributed by atoms with E-state index in [4.69, 9.17) is 9.47 Å². The van der Waals surface area contributed by atoms with Crippen LogP contribution in [0.3, 0.4) is 0 Å². The summed E-state index contributed by atoms with van der Waals surface area (Å²) >= 11 is 0. The summed E-state index contributed by atoms with van der Waals surface area (Å²) in [6.07, 6.45) is 0.827. The molecule has 0 spiro atoms. The second-order valence-corrected chi connectivity index (χ2v) is 4.97. The average molecular weight is 248 g/mol. The molecule has 3 heteroatoms. The maximum atomic E-state index is 11.9. The molecule has 0 N–H and O–H groups in total. The van der Waals surface area contributed by atoms with E-state index in [1.807, 2.05) is 26.8 Å². The molecule has 1 saturated heterocycles. The van der Waals surface area contributed by atoms with E-state index in [0.717, 1.165) is 23.3 Å². The van der Waals surface area contributed by atoms with E-state index >= 15 is 0 Å². The molecule has 1 aliphatic heterocycles. The highest BCUT2D eigenvalue weighted by atomic mass is 16.5. The van der Waals surface area contributed by atoms with Crippen molar-refractivity contribution in [2.24, 2.45) is 5.92 Å². The number of ketones is 1. The van der Waals surface area contributed by atoms with Gasteiger partial charge >= 0.3 is 0 Å². The van der Waals surface area contributed by atoms with Crippen LogP contribution in [-0.2, 0) is 9.53 Å². The van der Waals surface area contributed by atoms with Gasteiger partial charge < -0.3 is 9.47 Å². The lowest BCUT2D eigenvalue weighted by Crippen LogP contribution is -2.22. The molecule has 1 unspecified atom stereocenters. The molecule has 1 heterocycles. The highest BCUT2D eigenvalue weighted by Crippen LogP contribution is 2.26. The van der Waals surface area contributed by atoms with E-state index < -0.39 is 0 Å². The predicted molar refractivity (Wildman–Crippen MR) is 70.1 cm³/mol. The molecule has 2 rings (SSSR count). The van der Waals surface area contributed by atoms with Gasteiger partial charge in [-0.15, -0.1) is 0 Å². The maximum absolute atomic E-state index is 11.9. The monoisotopic (exact) mass is 248 g/mol. The Morgan fingerprint density at radius 2 is 2.06 bits per heavy atom. The molecule has 0 radical (unpaired) electrons. The summed E-state index contributed by atoms with van der Waals surface area (Å²) in [5, 5.41) is 0. The van der Waals surface area contributed by atoms with Crippen LogP contribution in [0, 0.1) is 26.7 Å². The van der Waals surface area contributed by atoms with Crippen LogP contribution < -0.4 is 4.74 Å². The van der Waals surface area contributed by atoms with Gasteiger partial charge in [0, 0.05) is 12.5 Å². The van der Waals surface area contributed by atoms with Gasteiger partial charge in [-0.3, -0.25) is 4.79 Å². The summed E-state index contributed by atoms with van der Waals surface area (Å²) in [4.78, 5) is 11.9. The molecule has 0 amide bonds. The van der Waals surface area contributed by atoms with E-state index in [2.05, 4.69) is 6.07 Å². The van der Waals surface area contributed by atoms with E-state index in [-0.39, 0.29) is 18.3 Å². The summed E-state index contributed by atoms with van der Waals surface area (Å²) in [5.74, 6) is 1.02. The number of Topliss-reactive ketones (excluding diaryl/α,β-unsaturated/α-hetero) is 1. The molecule has 0 saturated carbocycles. The first-order valence-electron chi connectivity index (χ1n) is 6.39. The van der Waals surface area contributed by atoms with E-state index in [1.165, 1.54) is 5.56 Å². The molecule has 1 aromatic carbocycles. The number of aryl methyl sites for hydroxylation is 2. The average Bonchev–Trinajstić information content (AvgIpc) is 2.87. The van der Waals surface area contributed by atoms with Crippen LogP contribution in [0.4, 0.5) is 0 Å². The Bertz CT molecular complexity index is 445. The van der Waals surface area contributed by atoms with Gasteiger partial charge in [-0.2, -0.15) is 0 Å². The zero-order chi connectivity index (χ0) is 13.1. The topological polar surface area (TPSA) is 35.5 Å². The van der Waals surface area contributed by atoms with Gasteiger partial charge in [0.2, 0.25) is 0 Å². The molecule has 3 nitrogen and oxygen atoms in total. The third kappa shape index (κ3) is 2.72. The van der Waals surface area contributed by atoms with Gasteiger partial charge in [-0.1, -0.05) is 12.1 Å². The minimum atomic E-state index is 0.0235. The molecule has 0 aliphatic carbocycles. The first-order chi connectivity index (χ1) is 8.59. The van der Waals surface area contributed by atoms with Crippen molar-refractivity contribution in [1.29, 1.82) is 0 Å². The van der Waals surface area contributed by atoms with Crippen molar-refractivity contribution in [2.45, 2.75) is 27.2 Å². The van der Waals surface area contributed by atoms with Gasteiger partial charge in [0.1, 0.15) is 12.4 Å². The van der Waals surface area contributed by atoms with E-state index in [9.17, 15) is 4.79 Å². The number of rotatable bonds is 4. The lowest BCUT2D eigenvalue weighted by Gasteiger charge is -2.14. The molecule has 1 aliphatic rings. The molecule has 1 atom stereocenters. The Kier molecular flexibility index (Phi) is 4.02. The van der Waals surface area contributed by atoms with Crippen molar-refractivity contribution in [3.05, 3.63) is 28.8 Å². The number of carbonyl (C=O) groups is 1. The van der Waals surface area contributed by atoms with Crippen molar-refractivity contribution in [1.82, 2.24) is 0 Å². The fourth-order valence-electron chi connectivity index (χ4n) is 2.20. The minimum Gasteiger partial charge on any atom is -0.485 e. The summed E-state index contributed by atoms with van der Waals surface area (Å²) in [6.45, 7) is 7.48. The molecule has 98 valence electrons. The van der Waals surface area contributed by atoms with Crippen molar-refractivity contribution in [2.75, 3.05) is 19.8 Å². The molecule has 1 aromatic rings. The second kappa shape index (κ2) is 5.53. The van der Waals surface area contributed by atoms with Crippen LogP contribution in [0.2, 0.25) is 0 Å². The first kappa shape index (κ1) is 13.1. The summed E-state index contributed by atoms with van der Waals surface area (Å²) in [7, 11) is 0. The van der Waals surface area contributed by atoms with Gasteiger partial charge in [0.05, 0.1) is 6.61 Å². The standard InChI is InChI=1S/C15H20O3/c1-10-4-5-11(2)15(12(10)3)18-9-14(16)13-6-7-17-8-13/h4-5,13H,6-9H2,1-3H3. The van der Waals surface area contributed by atoms with Crippen molar-refractivity contribution in [3.63, 3.8) is 0 Å². The van der Waals surface area contributed by atoms with Gasteiger partial charge in [0.25, 0.3) is 0 Å². The maximum Gasteiger partial charge on any atom is 0.175 e. The molecular weight excluding hydrogens is 228 g/mol. The Morgan fingerprint density at radius 3 is 2.72 bits per heavy atom. The normalized spacial score (nSPS) is 18.9. The lowest BCUT2D eigenvalue weighted by atomic mass is 10.0. The minimum absolute atomic E-state index is 0.0235. The van der Waals surface area contributed by atoms with Crippen LogP contribution in [0.5, 0.6) is 5.75 Å². The number of hydrogen-bond acceptors (Lipinski definition) is 3. The number of ether oxygens (including phenoxy) is 2. The molecule has 1 fully saturated rings. The zero-order valence-corrected chi connectivity index (χ0v) is 11.3. The Hall–Kier alpha value is -1.35. The molecule has 0 bridgehead atoms. The first-order valence-corrected chi connectivity index (χ1v) is 6.39. The summed E-state index contributed by atoms with van der Waals surface area (Å²) in [5.41, 5.74) is 3.38. The fourth-order valence-corrected chi connectivity index (χ4v) is 2.20. The number of hydrogen-bond donors (Lipinski definition) is 0. The quantitative estimate of drug-likeness (QED) is 0.821. The fraction of sp³-hybridized carbons (Fsp3) is 0.533. The van der Waals surface area contributed by atoms with Crippen molar-refractivity contribution in [3.8, 4) is 5.75 Å². The highest BCUT2D eigenvalue weighted by Gasteiger charge is 2.24. The number of carbonyl (C=O) groups excluding carboxylic acids is 1. The van der Waals surface area contributed by atoms with Gasteiger partial charge in [0.15, 0.2) is 5.78 Å². The second-order valence-electron chi connectivity index (χ2n) is 4.97. The zero-order valence-electron chi connectivity index (χ0n) is 11.3. The van der Waals surface area contributed by atoms with Crippen molar-refractivity contribution >= 4 is 5.78 Å². The molecular formula is C15H20O3.